The van der Waals surface area contributed by atoms with Crippen molar-refractivity contribution in [3.05, 3.63) is 62.0 Å². The van der Waals surface area contributed by atoms with Crippen molar-refractivity contribution >= 4 is 23.7 Å². The number of hydrogen-bond acceptors (Lipinski definition) is 19. The molecule has 0 bridgehead atoms. The summed E-state index contributed by atoms with van der Waals surface area (Å²) in [5, 5.41) is 19.0. The van der Waals surface area contributed by atoms with Gasteiger partial charge in [-0.2, -0.15) is 0 Å². The Morgan fingerprint density at radius 2 is 1.16 bits per heavy atom. The second-order valence-electron chi connectivity index (χ2n) is 24.3. The number of azide groups is 2. The van der Waals surface area contributed by atoms with Crippen LogP contribution < -0.4 is 0 Å². The summed E-state index contributed by atoms with van der Waals surface area (Å²) in [4.78, 5) is 43.3. The van der Waals surface area contributed by atoms with Crippen molar-refractivity contribution in [3.8, 4) is 0 Å². The number of cyclic esters (lactones) is 2. The molecule has 6 unspecified atom stereocenters. The van der Waals surface area contributed by atoms with Crippen LogP contribution in [0.5, 0.6) is 0 Å². The largest absolute Gasteiger partial charge is 0.456 e. The summed E-state index contributed by atoms with van der Waals surface area (Å²) in [6.07, 6.45) is 6.30. The van der Waals surface area contributed by atoms with Crippen LogP contribution in [0.25, 0.3) is 20.9 Å². The first kappa shape index (κ1) is 76.8. The molecule has 4 aliphatic heterocycles. The summed E-state index contributed by atoms with van der Waals surface area (Å²) < 4.78 is 53.9. The van der Waals surface area contributed by atoms with Gasteiger partial charge in [-0.15, -0.1) is 0 Å². The van der Waals surface area contributed by atoms with Gasteiger partial charge in [-0.25, -0.2) is 19.6 Å². The van der Waals surface area contributed by atoms with E-state index in [1.165, 1.54) is 11.8 Å². The van der Waals surface area contributed by atoms with E-state index >= 15 is 0 Å². The van der Waals surface area contributed by atoms with Crippen LogP contribution in [0, 0.1) is 35.5 Å². The maximum Gasteiger partial charge on any atom is 0.340 e. The molecule has 2 saturated heterocycles. The van der Waals surface area contributed by atoms with Gasteiger partial charge in [0.1, 0.15) is 17.0 Å². The Morgan fingerprint density at radius 1 is 0.735 bits per heavy atom. The highest BCUT2D eigenvalue weighted by Gasteiger charge is 2.50. The third-order valence-electron chi connectivity index (χ3n) is 16.4. The predicted molar refractivity (Wildman–Crippen MR) is 325 cm³/mol. The number of aliphatic hydroxyl groups is 1. The summed E-state index contributed by atoms with van der Waals surface area (Å²) in [5.41, 5.74) is 16.7. The van der Waals surface area contributed by atoms with Gasteiger partial charge < -0.3 is 57.5 Å². The average molecular weight is 1190 g/mol. The summed E-state index contributed by atoms with van der Waals surface area (Å²) >= 11 is 1.53. The fourth-order valence-corrected chi connectivity index (χ4v) is 12.2. The molecule has 0 aromatic carbocycles. The third kappa shape index (κ3) is 21.6. The van der Waals surface area contributed by atoms with Gasteiger partial charge in [0.05, 0.1) is 59.9 Å². The van der Waals surface area contributed by atoms with Gasteiger partial charge in [-0.1, -0.05) is 105 Å². The van der Waals surface area contributed by atoms with Gasteiger partial charge in [0.15, 0.2) is 11.4 Å². The van der Waals surface area contributed by atoms with Crippen LogP contribution in [0.4, 0.5) is 0 Å². The fraction of sp³-hybridized carbons (Fsp3) is 0.833. The normalized spacial score (nSPS) is 27.5. The molecule has 5 heterocycles. The SMILES string of the molecule is C.C.CC1C(N(C)C)CC(CN=[N+]=[N-])O[C@H]1Sc1ncccn1.CC[C@H](C)C[C@@](C)(OC)[C@H](O)[C@@H](C)C1=C(C)C(=O)OC(C)(C)O1.CC[C@H](C)C[C@@](C)(OC)[C@H](O[C@@H]1OC(CN=[N+]=[N-])CC(N(C)C)C1C)[C@@H](C)C1=C(C)C(=O)OC(C)(C)O1. The molecule has 5 rings (SSSR count). The van der Waals surface area contributed by atoms with Gasteiger partial charge in [-0.3, -0.25) is 0 Å². The quantitative estimate of drug-likeness (QED) is 0.0331. The van der Waals surface area contributed by atoms with E-state index in [1.54, 1.807) is 74.2 Å². The molecule has 1 aromatic heterocycles. The molecule has 0 amide bonds. The number of ether oxygens (including phenoxy) is 9. The van der Waals surface area contributed by atoms with Gasteiger partial charge in [0, 0.05) is 99.9 Å². The average Bonchev–Trinajstić information content (AvgIpc) is 3.63. The summed E-state index contributed by atoms with van der Waals surface area (Å²) in [5.74, 6) is -1.47. The molecule has 0 spiro atoms. The molecular weight excluding hydrogens is 1080 g/mol. The highest BCUT2D eigenvalue weighted by Crippen LogP contribution is 2.43. The molecule has 1 aromatic rings. The first-order valence-corrected chi connectivity index (χ1v) is 29.4. The van der Waals surface area contributed by atoms with E-state index < -0.39 is 53.2 Å². The summed E-state index contributed by atoms with van der Waals surface area (Å²) in [6, 6.07) is 2.33. The lowest BCUT2D eigenvalue weighted by Crippen LogP contribution is -2.56. The molecule has 0 saturated carbocycles. The van der Waals surface area contributed by atoms with E-state index in [0.717, 1.165) is 38.5 Å². The maximum atomic E-state index is 12.7. The molecule has 0 aliphatic carbocycles. The van der Waals surface area contributed by atoms with Crippen molar-refractivity contribution in [2.75, 3.05) is 55.5 Å². The lowest BCUT2D eigenvalue weighted by atomic mass is 9.80. The zero-order chi connectivity index (χ0) is 61.4. The summed E-state index contributed by atoms with van der Waals surface area (Å²) in [6.45, 7) is 31.5. The number of carbonyl (C=O) groups excluding carboxylic acids is 2. The van der Waals surface area contributed by atoms with Crippen LogP contribution in [0.15, 0.2) is 56.5 Å². The van der Waals surface area contributed by atoms with Crippen molar-refractivity contribution in [2.24, 2.45) is 45.7 Å². The monoisotopic (exact) mass is 1190 g/mol. The Balaban J connectivity index is 0.000000649. The first-order valence-electron chi connectivity index (χ1n) is 28.6. The van der Waals surface area contributed by atoms with Crippen LogP contribution >= 0.6 is 11.8 Å². The number of aromatic nitrogens is 2. The Kier molecular flexibility index (Phi) is 31.6. The van der Waals surface area contributed by atoms with Crippen molar-refractivity contribution in [3.63, 3.8) is 0 Å². The third-order valence-corrected chi connectivity index (χ3v) is 17.6. The van der Waals surface area contributed by atoms with Crippen LogP contribution in [0.1, 0.15) is 164 Å². The lowest BCUT2D eigenvalue weighted by molar-refractivity contribution is -0.286. The van der Waals surface area contributed by atoms with Crippen molar-refractivity contribution < 1.29 is 57.3 Å². The number of carbonyl (C=O) groups is 2. The Labute approximate surface area is 502 Å². The van der Waals surface area contributed by atoms with Gasteiger partial charge in [0.2, 0.25) is 11.6 Å². The molecule has 4 aliphatic rings. The van der Waals surface area contributed by atoms with E-state index in [4.69, 9.17) is 53.7 Å². The molecule has 1 N–H and O–H groups in total. The van der Waals surface area contributed by atoms with E-state index in [-0.39, 0.29) is 62.8 Å². The minimum atomic E-state index is -1.09. The van der Waals surface area contributed by atoms with Crippen LogP contribution in [-0.4, -0.2) is 163 Å². The van der Waals surface area contributed by atoms with Gasteiger partial charge >= 0.3 is 11.9 Å². The molecule has 83 heavy (non-hydrogen) atoms. The zero-order valence-corrected chi connectivity index (χ0v) is 53.6. The van der Waals surface area contributed by atoms with Crippen LogP contribution in [0.3, 0.4) is 0 Å². The molecule has 2 fully saturated rings. The van der Waals surface area contributed by atoms with Crippen LogP contribution in [-0.2, 0) is 52.2 Å². The number of thioether (sulfide) groups is 1. The smallest absolute Gasteiger partial charge is 0.340 e. The number of rotatable bonds is 24. The first-order chi connectivity index (χ1) is 37.8. The number of methoxy groups -OCH3 is 2. The molecule has 22 nitrogen and oxygen atoms in total. The molecule has 23 heteroatoms. The van der Waals surface area contributed by atoms with E-state index in [0.29, 0.717) is 58.2 Å². The highest BCUT2D eigenvalue weighted by molar-refractivity contribution is 7.99. The number of hydrogen-bond donors (Lipinski definition) is 1. The highest BCUT2D eigenvalue weighted by atomic mass is 32.2. The molecule has 16 atom stereocenters. The van der Waals surface area contributed by atoms with Crippen molar-refractivity contribution in [1.29, 1.82) is 0 Å². The number of esters is 2. The van der Waals surface area contributed by atoms with Crippen molar-refractivity contribution in [1.82, 2.24) is 19.8 Å². The Hall–Kier alpha value is -4.25. The number of nitrogens with zero attached hydrogens (tertiary/aromatic N) is 10. The van der Waals surface area contributed by atoms with E-state index in [9.17, 15) is 14.7 Å². The molecule has 0 radical (unpaired) electrons. The minimum absolute atomic E-state index is 0. The zero-order valence-electron chi connectivity index (χ0n) is 52.8. The van der Waals surface area contributed by atoms with Gasteiger partial charge in [-0.05, 0) is 111 Å². The van der Waals surface area contributed by atoms with Crippen molar-refractivity contribution in [2.45, 2.75) is 240 Å². The fourth-order valence-electron chi connectivity index (χ4n) is 11.1. The van der Waals surface area contributed by atoms with Gasteiger partial charge in [0.25, 0.3) is 0 Å². The maximum absolute atomic E-state index is 12.7. The predicted octanol–water partition coefficient (Wildman–Crippen LogP) is 12.7. The lowest BCUT2D eigenvalue weighted by Gasteiger charge is -2.48. The Bertz CT molecular complexity index is 2330. The summed E-state index contributed by atoms with van der Waals surface area (Å²) in [7, 11) is 11.5. The van der Waals surface area contributed by atoms with E-state index in [2.05, 4.69) is 102 Å². The standard InChI is InChI=1S/C27H48N4O6.C18H32O5.C13H20N6OS.2CH4/c1-12-16(2)14-27(8,33-11)23(18(4)22-19(5)24(32)37-26(6,7)36-22)35-25-17(3)21(31(9)10)13-20(34-25)15-29-30-28;1-9-11(2)10-18(7,21-8)15(19)12(3)14-13(4)16(20)23-17(5,6)22-14;1-9-11(19(2)3)7-10(8-17-18-14)20-12(9)21-13-15-5-4-6-16-13;;/h16-18,20-21,23,25H,12-15H2,1-11H3;11-12,15,19H,9-10H2,1-8H3;4-6,9-12H,7-8H2,1-3H3;2*1H4/t16-,17?,18-,20?,21?,23+,25-,27+;11-,12-,15+,18+;9?,10?,11?,12-;;/m000../s1. The second-order valence-corrected chi connectivity index (χ2v) is 25.4. The second kappa shape index (κ2) is 34.2. The number of aliphatic hydroxyl groups excluding tert-OH is 1. The molecular formula is C60H108N10O12S. The topological polar surface area (TPSA) is 267 Å². The Morgan fingerprint density at radius 3 is 1.58 bits per heavy atom. The van der Waals surface area contributed by atoms with E-state index in [1.807, 2.05) is 34.9 Å². The van der Waals surface area contributed by atoms with Crippen LogP contribution in [0.2, 0.25) is 0 Å². The minimum Gasteiger partial charge on any atom is -0.456 e. The molecule has 476 valence electrons.